The fraction of sp³-hybridized carbons (Fsp3) is 0.385. The van der Waals surface area contributed by atoms with E-state index >= 15 is 0 Å². The summed E-state index contributed by atoms with van der Waals surface area (Å²) in [6.45, 7) is 3.46. The number of aliphatic hydroxyl groups is 2. The van der Waals surface area contributed by atoms with Crippen molar-refractivity contribution in [1.29, 1.82) is 0 Å². The number of rotatable bonds is 2. The largest absolute Gasteiger partial charge is 0.508 e. The van der Waals surface area contributed by atoms with E-state index in [0.29, 0.717) is 17.1 Å². The molecule has 2 N–H and O–H groups in total. The first-order valence-corrected chi connectivity index (χ1v) is 5.40. The van der Waals surface area contributed by atoms with Crippen LogP contribution in [0, 0.1) is 0 Å². The van der Waals surface area contributed by atoms with Crippen molar-refractivity contribution in [2.45, 2.75) is 26.1 Å². The van der Waals surface area contributed by atoms with E-state index in [2.05, 4.69) is 0 Å². The van der Waals surface area contributed by atoms with Crippen LogP contribution in [0.15, 0.2) is 17.9 Å². The summed E-state index contributed by atoms with van der Waals surface area (Å²) >= 11 is 0. The highest BCUT2D eigenvalue weighted by Crippen LogP contribution is 2.38. The molecule has 0 bridgehead atoms. The number of fused-ring (bicyclic) bond motifs is 1. The zero-order valence-electron chi connectivity index (χ0n) is 10.2. The first-order valence-electron chi connectivity index (χ1n) is 5.40. The average molecular weight is 236 g/mol. The lowest BCUT2D eigenvalue weighted by Gasteiger charge is -2.31. The number of hydrogen-bond donors (Lipinski definition) is 2. The van der Waals surface area contributed by atoms with Crippen LogP contribution in [0.5, 0.6) is 11.5 Å². The van der Waals surface area contributed by atoms with E-state index in [4.69, 9.17) is 9.47 Å². The molecule has 1 aromatic carbocycles. The Morgan fingerprint density at radius 2 is 2.06 bits per heavy atom. The number of aliphatic hydroxyl groups excluding tert-OH is 2. The molecule has 0 fully saturated rings. The molecule has 1 heterocycles. The van der Waals surface area contributed by atoms with Gasteiger partial charge in [-0.3, -0.25) is 0 Å². The first-order chi connectivity index (χ1) is 7.97. The summed E-state index contributed by atoms with van der Waals surface area (Å²) in [4.78, 5) is 0. The third-order valence-corrected chi connectivity index (χ3v) is 2.86. The Bertz CT molecular complexity index is 475. The van der Waals surface area contributed by atoms with E-state index in [1.807, 2.05) is 0 Å². The minimum absolute atomic E-state index is 0.117. The second-order valence-corrected chi connectivity index (χ2v) is 4.50. The fourth-order valence-corrected chi connectivity index (χ4v) is 1.79. The molecule has 1 aromatic rings. The minimum Gasteiger partial charge on any atom is -0.508 e. The van der Waals surface area contributed by atoms with Crippen LogP contribution in [-0.4, -0.2) is 22.9 Å². The van der Waals surface area contributed by atoms with Crippen molar-refractivity contribution >= 4 is 6.08 Å². The van der Waals surface area contributed by atoms with Crippen LogP contribution in [0.2, 0.25) is 0 Å². The summed E-state index contributed by atoms with van der Waals surface area (Å²) in [6, 6.07) is 3.48. The predicted octanol–water partition coefficient (Wildman–Crippen LogP) is 2.26. The van der Waals surface area contributed by atoms with Crippen molar-refractivity contribution in [3.63, 3.8) is 0 Å². The summed E-state index contributed by atoms with van der Waals surface area (Å²) in [5.74, 6) is 1.39. The Morgan fingerprint density at radius 1 is 1.35 bits per heavy atom. The van der Waals surface area contributed by atoms with Gasteiger partial charge in [0.05, 0.1) is 13.7 Å². The van der Waals surface area contributed by atoms with E-state index in [1.54, 1.807) is 39.2 Å². The maximum atomic E-state index is 9.82. The SMILES string of the molecule is COc1cc2c(cc1CO)C=C(O)C(C)(C)O2. The van der Waals surface area contributed by atoms with E-state index < -0.39 is 5.60 Å². The Kier molecular flexibility index (Phi) is 2.75. The van der Waals surface area contributed by atoms with Gasteiger partial charge in [0, 0.05) is 17.2 Å². The minimum atomic E-state index is -0.737. The van der Waals surface area contributed by atoms with Gasteiger partial charge in [-0.1, -0.05) is 0 Å². The van der Waals surface area contributed by atoms with Gasteiger partial charge in [0.1, 0.15) is 17.3 Å². The van der Waals surface area contributed by atoms with Gasteiger partial charge < -0.3 is 19.7 Å². The van der Waals surface area contributed by atoms with Crippen LogP contribution in [0.3, 0.4) is 0 Å². The lowest BCUT2D eigenvalue weighted by atomic mass is 9.98. The highest BCUT2D eigenvalue weighted by Gasteiger charge is 2.30. The Balaban J connectivity index is 2.55. The Hall–Kier alpha value is -1.68. The summed E-state index contributed by atoms with van der Waals surface area (Å²) < 4.78 is 10.9. The molecular weight excluding hydrogens is 220 g/mol. The van der Waals surface area contributed by atoms with Gasteiger partial charge in [0.2, 0.25) is 0 Å². The molecule has 92 valence electrons. The van der Waals surface area contributed by atoms with E-state index in [-0.39, 0.29) is 12.4 Å². The second-order valence-electron chi connectivity index (χ2n) is 4.50. The van der Waals surface area contributed by atoms with Gasteiger partial charge in [-0.25, -0.2) is 0 Å². The molecule has 2 rings (SSSR count). The monoisotopic (exact) mass is 236 g/mol. The molecule has 0 aliphatic carbocycles. The summed E-state index contributed by atoms with van der Waals surface area (Å²) in [7, 11) is 1.54. The van der Waals surface area contributed by atoms with Gasteiger partial charge in [-0.05, 0) is 26.0 Å². The molecule has 17 heavy (non-hydrogen) atoms. The van der Waals surface area contributed by atoms with Crippen molar-refractivity contribution in [3.05, 3.63) is 29.0 Å². The first kappa shape index (κ1) is 11.8. The van der Waals surface area contributed by atoms with E-state index in [9.17, 15) is 10.2 Å². The normalized spacial score (nSPS) is 16.8. The number of ether oxygens (including phenoxy) is 2. The predicted molar refractivity (Wildman–Crippen MR) is 64.2 cm³/mol. The highest BCUT2D eigenvalue weighted by atomic mass is 16.5. The molecular formula is C13H16O4. The van der Waals surface area contributed by atoms with Gasteiger partial charge >= 0.3 is 0 Å². The van der Waals surface area contributed by atoms with Gasteiger partial charge in [-0.15, -0.1) is 0 Å². The van der Waals surface area contributed by atoms with Gasteiger partial charge in [0.15, 0.2) is 5.60 Å². The quantitative estimate of drug-likeness (QED) is 0.827. The molecule has 0 radical (unpaired) electrons. The zero-order valence-corrected chi connectivity index (χ0v) is 10.2. The van der Waals surface area contributed by atoms with Crippen molar-refractivity contribution < 1.29 is 19.7 Å². The third-order valence-electron chi connectivity index (χ3n) is 2.86. The van der Waals surface area contributed by atoms with Crippen molar-refractivity contribution in [3.8, 4) is 11.5 Å². The standard InChI is InChI=1S/C13H16O4/c1-13(2)12(15)5-8-4-9(7-14)10(16-3)6-11(8)17-13/h4-6,14-15H,7H2,1-3H3. The third kappa shape index (κ3) is 1.96. The molecule has 1 aliphatic heterocycles. The van der Waals surface area contributed by atoms with Crippen LogP contribution < -0.4 is 9.47 Å². The number of hydrogen-bond acceptors (Lipinski definition) is 4. The lowest BCUT2D eigenvalue weighted by Crippen LogP contribution is -2.33. The van der Waals surface area contributed by atoms with Crippen LogP contribution in [0.4, 0.5) is 0 Å². The molecule has 0 atom stereocenters. The van der Waals surface area contributed by atoms with Crippen LogP contribution in [0.1, 0.15) is 25.0 Å². The topological polar surface area (TPSA) is 58.9 Å². The fourth-order valence-electron chi connectivity index (χ4n) is 1.79. The maximum absolute atomic E-state index is 9.82. The zero-order chi connectivity index (χ0) is 12.6. The van der Waals surface area contributed by atoms with Crippen LogP contribution in [0.25, 0.3) is 6.08 Å². The average Bonchev–Trinajstić information content (AvgIpc) is 2.28. The number of methoxy groups -OCH3 is 1. The molecule has 0 spiro atoms. The second kappa shape index (κ2) is 3.96. The van der Waals surface area contributed by atoms with Crippen molar-refractivity contribution in [2.24, 2.45) is 0 Å². The number of benzene rings is 1. The molecule has 1 aliphatic rings. The molecule has 0 amide bonds. The van der Waals surface area contributed by atoms with E-state index in [0.717, 1.165) is 5.56 Å². The van der Waals surface area contributed by atoms with Crippen LogP contribution in [-0.2, 0) is 6.61 Å². The summed E-state index contributed by atoms with van der Waals surface area (Å²) in [5.41, 5.74) is 0.670. The maximum Gasteiger partial charge on any atom is 0.160 e. The van der Waals surface area contributed by atoms with Crippen molar-refractivity contribution in [2.75, 3.05) is 7.11 Å². The Labute approximate surface area is 100 Å². The Morgan fingerprint density at radius 3 is 2.65 bits per heavy atom. The molecule has 0 unspecified atom stereocenters. The van der Waals surface area contributed by atoms with Crippen LogP contribution >= 0.6 is 0 Å². The summed E-state index contributed by atoms with van der Waals surface area (Å²) in [5, 5.41) is 19.0. The smallest absolute Gasteiger partial charge is 0.160 e. The highest BCUT2D eigenvalue weighted by molar-refractivity contribution is 5.65. The molecule has 0 saturated heterocycles. The lowest BCUT2D eigenvalue weighted by molar-refractivity contribution is 0.0932. The van der Waals surface area contributed by atoms with Crippen molar-refractivity contribution in [1.82, 2.24) is 0 Å². The molecule has 4 heteroatoms. The molecule has 0 saturated carbocycles. The van der Waals surface area contributed by atoms with E-state index in [1.165, 1.54) is 0 Å². The van der Waals surface area contributed by atoms with Gasteiger partial charge in [0.25, 0.3) is 0 Å². The molecule has 0 aromatic heterocycles. The summed E-state index contributed by atoms with van der Waals surface area (Å²) in [6.07, 6.45) is 1.65. The molecule has 4 nitrogen and oxygen atoms in total. The van der Waals surface area contributed by atoms with Gasteiger partial charge in [-0.2, -0.15) is 0 Å².